The molecule has 0 amide bonds. The minimum Gasteiger partial charge on any atom is -0.503 e. The third-order valence-corrected chi connectivity index (χ3v) is 10.3. The average molecular weight is 865 g/mol. The van der Waals surface area contributed by atoms with Crippen LogP contribution in [0.4, 0.5) is 0 Å². The van der Waals surface area contributed by atoms with E-state index in [1.807, 2.05) is 36.5 Å². The van der Waals surface area contributed by atoms with Crippen molar-refractivity contribution in [2.24, 2.45) is 0 Å². The summed E-state index contributed by atoms with van der Waals surface area (Å²) < 4.78 is 15.4. The Kier molecular flexibility index (Phi) is 7.98. The fourth-order valence-corrected chi connectivity index (χ4v) is 8.03. The summed E-state index contributed by atoms with van der Waals surface area (Å²) in [5, 5.41) is 0. The van der Waals surface area contributed by atoms with E-state index < -0.39 is 0 Å². The number of aromatic nitrogens is 3. The molecule has 0 spiro atoms. The molecule has 2 aromatic heterocycles. The number of ether oxygens (including phenoxy) is 2. The van der Waals surface area contributed by atoms with Crippen molar-refractivity contribution in [2.45, 2.75) is 27.7 Å². The normalized spacial score (nSPS) is 12.3. The van der Waals surface area contributed by atoms with Gasteiger partial charge in [-0.1, -0.05) is 71.8 Å². The topological polar surface area (TPSA) is 49.2 Å². The molecular weight excluding hydrogens is 832 g/mol. The van der Waals surface area contributed by atoms with Gasteiger partial charge in [0.15, 0.2) is 0 Å². The summed E-state index contributed by atoms with van der Waals surface area (Å²) in [6, 6.07) is 47.4. The van der Waals surface area contributed by atoms with Crippen molar-refractivity contribution in [3.8, 4) is 62.5 Å². The van der Waals surface area contributed by atoms with Crippen molar-refractivity contribution >= 4 is 34.1 Å². The Morgan fingerprint density at radius 2 is 1.25 bits per heavy atom. The van der Waals surface area contributed by atoms with Crippen LogP contribution < -0.4 is 25.9 Å². The smallest absolute Gasteiger partial charge is 0.503 e. The second kappa shape index (κ2) is 12.8. The van der Waals surface area contributed by atoms with E-state index in [4.69, 9.17) is 19.4 Å². The maximum Gasteiger partial charge on any atom is 2.00 e. The van der Waals surface area contributed by atoms with Crippen molar-refractivity contribution in [1.29, 1.82) is 0 Å². The van der Waals surface area contributed by atoms with Gasteiger partial charge >= 0.3 is 21.1 Å². The first kappa shape index (κ1) is 33.2. The van der Waals surface area contributed by atoms with Gasteiger partial charge in [0.05, 0.1) is 16.9 Å². The van der Waals surface area contributed by atoms with Gasteiger partial charge in [0.1, 0.15) is 11.5 Å². The number of para-hydroxylation sites is 3. The quantitative estimate of drug-likeness (QED) is 0.131. The first-order valence-electron chi connectivity index (χ1n) is 17.6. The van der Waals surface area contributed by atoms with Crippen LogP contribution in [0.15, 0.2) is 121 Å². The van der Waals surface area contributed by atoms with Gasteiger partial charge in [-0.2, -0.15) is 0 Å². The van der Waals surface area contributed by atoms with Crippen molar-refractivity contribution in [1.82, 2.24) is 14.5 Å². The third-order valence-electron chi connectivity index (χ3n) is 10.3. The number of fused-ring (bicyclic) bond motifs is 5. The van der Waals surface area contributed by atoms with E-state index in [0.717, 1.165) is 84.3 Å². The van der Waals surface area contributed by atoms with E-state index in [1.165, 1.54) is 27.8 Å². The zero-order valence-corrected chi connectivity index (χ0v) is 31.9. The molecule has 0 saturated carbocycles. The number of nitrogens with zero attached hydrogens (tertiary/aromatic N) is 3. The largest absolute Gasteiger partial charge is 2.00 e. The predicted octanol–water partition coefficient (Wildman–Crippen LogP) is 8.98. The van der Waals surface area contributed by atoms with Crippen LogP contribution in [0.2, 0.25) is 0 Å². The summed E-state index contributed by atoms with van der Waals surface area (Å²) in [6.45, 7) is 8.36. The van der Waals surface area contributed by atoms with Gasteiger partial charge in [0.2, 0.25) is 6.71 Å². The summed E-state index contributed by atoms with van der Waals surface area (Å²) in [6.07, 6.45) is 1.88. The molecule has 0 aliphatic carbocycles. The molecule has 2 aliphatic rings. The van der Waals surface area contributed by atoms with Crippen LogP contribution in [0.3, 0.4) is 0 Å². The molecule has 6 aromatic carbocycles. The Balaban J connectivity index is 0.00000372. The van der Waals surface area contributed by atoms with Crippen LogP contribution in [0.1, 0.15) is 22.3 Å². The Bertz CT molecular complexity index is 2720. The number of aryl methyl sites for hydroxylation is 4. The summed E-state index contributed by atoms with van der Waals surface area (Å²) in [7, 11) is 0. The summed E-state index contributed by atoms with van der Waals surface area (Å²) in [4.78, 5) is 10.0. The molecule has 0 saturated heterocycles. The molecule has 256 valence electrons. The zero-order chi connectivity index (χ0) is 35.1. The number of pyridine rings is 1. The van der Waals surface area contributed by atoms with Crippen LogP contribution in [-0.4, -0.2) is 21.2 Å². The van der Waals surface area contributed by atoms with Crippen LogP contribution in [-0.2, 0) is 21.1 Å². The van der Waals surface area contributed by atoms with Gasteiger partial charge in [-0.25, -0.2) is 0 Å². The van der Waals surface area contributed by atoms with E-state index in [0.29, 0.717) is 0 Å². The Labute approximate surface area is 323 Å². The summed E-state index contributed by atoms with van der Waals surface area (Å²) in [5.74, 6) is 3.91. The molecule has 0 unspecified atom stereocenters. The van der Waals surface area contributed by atoms with Crippen molar-refractivity contribution in [3.63, 3.8) is 0 Å². The molecule has 0 atom stereocenters. The molecule has 0 radical (unpaired) electrons. The van der Waals surface area contributed by atoms with E-state index in [9.17, 15) is 0 Å². The number of hydrogen-bond acceptors (Lipinski definition) is 4. The number of rotatable bonds is 4. The molecule has 53 heavy (non-hydrogen) atoms. The average Bonchev–Trinajstić information content (AvgIpc) is 3.53. The van der Waals surface area contributed by atoms with E-state index >= 15 is 0 Å². The fourth-order valence-electron chi connectivity index (χ4n) is 8.03. The first-order chi connectivity index (χ1) is 25.4. The van der Waals surface area contributed by atoms with Gasteiger partial charge in [-0.3, -0.25) is 4.98 Å². The van der Waals surface area contributed by atoms with E-state index in [-0.39, 0.29) is 27.8 Å². The van der Waals surface area contributed by atoms with Crippen LogP contribution in [0.25, 0.3) is 50.5 Å². The SMILES string of the molecule is Cc1cc(C)cc(-c2ccnc(-c3[c-]c4c(cc3)Oc3cccc5c3B4c3[c-]c(-c4nc6ccccc6n4-c4c(C)cccc4C)ccc3O5)c2)c1.[Pt+2]. The van der Waals surface area contributed by atoms with Gasteiger partial charge in [-0.05, 0) is 86.0 Å². The fraction of sp³-hybridized carbons (Fsp3) is 0.0870. The molecule has 8 aromatic rings. The molecule has 0 N–H and O–H groups in total. The van der Waals surface area contributed by atoms with Crippen molar-refractivity contribution < 1.29 is 30.5 Å². The van der Waals surface area contributed by atoms with E-state index in [1.54, 1.807) is 0 Å². The summed E-state index contributed by atoms with van der Waals surface area (Å²) in [5.41, 5.74) is 15.7. The van der Waals surface area contributed by atoms with Crippen molar-refractivity contribution in [2.75, 3.05) is 0 Å². The summed E-state index contributed by atoms with van der Waals surface area (Å²) >= 11 is 0. The Morgan fingerprint density at radius 3 is 1.96 bits per heavy atom. The molecule has 5 nitrogen and oxygen atoms in total. The minimum absolute atomic E-state index is 0. The Hall–Kier alpha value is -5.71. The van der Waals surface area contributed by atoms with E-state index in [2.05, 4.69) is 129 Å². The van der Waals surface area contributed by atoms with Crippen LogP contribution in [0, 0.1) is 39.8 Å². The predicted molar refractivity (Wildman–Crippen MR) is 209 cm³/mol. The van der Waals surface area contributed by atoms with Gasteiger partial charge < -0.3 is 19.0 Å². The third kappa shape index (κ3) is 5.43. The monoisotopic (exact) mass is 864 g/mol. The second-order valence-electron chi connectivity index (χ2n) is 13.9. The van der Waals surface area contributed by atoms with Gasteiger partial charge in [-0.15, -0.1) is 58.5 Å². The number of benzene rings is 6. The van der Waals surface area contributed by atoms with Gasteiger partial charge in [0.25, 0.3) is 0 Å². The van der Waals surface area contributed by atoms with Gasteiger partial charge in [0, 0.05) is 28.8 Å². The molecule has 0 fully saturated rings. The first-order valence-corrected chi connectivity index (χ1v) is 17.6. The Morgan fingerprint density at radius 1 is 0.604 bits per heavy atom. The molecular formula is C46H32BN3O2Pt. The second-order valence-corrected chi connectivity index (χ2v) is 13.9. The maximum atomic E-state index is 6.58. The number of hydrogen-bond donors (Lipinski definition) is 0. The molecule has 2 aliphatic heterocycles. The molecule has 4 heterocycles. The van der Waals surface area contributed by atoms with Crippen LogP contribution in [0.5, 0.6) is 23.0 Å². The number of imidazole rings is 1. The standard InChI is InChI=1S/C46H32BN3O2.Pt/c1-27-21-28(2)23-34(22-27)31-19-20-48-38(26-31)32-15-17-40-35(24-32)47-36-25-33(16-18-41(36)52-43-14-8-13-42(51-40)44(43)47)46-49-37-11-5-6-12-39(37)50(46)45-29(3)9-7-10-30(45)4;/h5-23,26H,1-4H3;/q-2;+2. The molecule has 0 bridgehead atoms. The zero-order valence-electron chi connectivity index (χ0n) is 29.6. The maximum absolute atomic E-state index is 6.58. The molecule has 7 heteroatoms. The van der Waals surface area contributed by atoms with Crippen LogP contribution >= 0.6 is 0 Å². The molecule has 10 rings (SSSR count). The minimum atomic E-state index is -0.223. The van der Waals surface area contributed by atoms with Crippen molar-refractivity contribution in [3.05, 3.63) is 156 Å².